The van der Waals surface area contributed by atoms with E-state index in [0.29, 0.717) is 61.7 Å². The predicted molar refractivity (Wildman–Crippen MR) is 149 cm³/mol. The van der Waals surface area contributed by atoms with Crippen LogP contribution in [0, 0.1) is 11.6 Å². The molecule has 2 aromatic carbocycles. The van der Waals surface area contributed by atoms with Crippen molar-refractivity contribution in [1.29, 1.82) is 0 Å². The summed E-state index contributed by atoms with van der Waals surface area (Å²) in [6.07, 6.45) is 2.53. The quantitative estimate of drug-likeness (QED) is 0.397. The fourth-order valence-corrected chi connectivity index (χ4v) is 4.90. The van der Waals surface area contributed by atoms with E-state index < -0.39 is 23.3 Å². The number of carbonyl (C=O) groups is 2. The Morgan fingerprint density at radius 2 is 1.78 bits per heavy atom. The summed E-state index contributed by atoms with van der Waals surface area (Å²) in [5.41, 5.74) is 1.13. The average molecular weight is 571 g/mol. The van der Waals surface area contributed by atoms with Crippen molar-refractivity contribution in [2.24, 2.45) is 0 Å². The number of aromatic nitrogens is 2. The highest BCUT2D eigenvalue weighted by Gasteiger charge is 2.32. The highest BCUT2D eigenvalue weighted by atomic mass is 19.1. The summed E-state index contributed by atoms with van der Waals surface area (Å²) >= 11 is 0. The number of hydrogen-bond donors (Lipinski definition) is 1. The standard InChI is InChI=1S/C30H36F2N4O5/c1-30(2,3)41-29(38)35-14-11-20(12-15-35)27-23(18-34-36(27)25-9-7-21(31)16-24(25)32)28(37)33-13-10-19-6-8-22(39-4)17-26(19)40-5/h6-9,16-18,20H,10-15H2,1-5H3,(H,33,37). The summed E-state index contributed by atoms with van der Waals surface area (Å²) in [6, 6.07) is 8.71. The van der Waals surface area contributed by atoms with E-state index in [1.807, 2.05) is 32.9 Å². The molecule has 220 valence electrons. The lowest BCUT2D eigenvalue weighted by atomic mass is 9.90. The average Bonchev–Trinajstić information content (AvgIpc) is 3.37. The van der Waals surface area contributed by atoms with E-state index in [0.717, 1.165) is 17.7 Å². The van der Waals surface area contributed by atoms with E-state index >= 15 is 0 Å². The zero-order valence-corrected chi connectivity index (χ0v) is 24.0. The van der Waals surface area contributed by atoms with E-state index in [9.17, 15) is 18.4 Å². The lowest BCUT2D eigenvalue weighted by Crippen LogP contribution is -2.41. The van der Waals surface area contributed by atoms with Crippen LogP contribution in [-0.4, -0.2) is 66.1 Å². The van der Waals surface area contributed by atoms with Gasteiger partial charge in [0.15, 0.2) is 5.82 Å². The van der Waals surface area contributed by atoms with Crippen molar-refractivity contribution in [3.8, 4) is 17.2 Å². The first-order valence-electron chi connectivity index (χ1n) is 13.5. The number of nitrogens with zero attached hydrogens (tertiary/aromatic N) is 3. The summed E-state index contributed by atoms with van der Waals surface area (Å²) in [4.78, 5) is 27.6. The normalized spacial score (nSPS) is 14.1. The summed E-state index contributed by atoms with van der Waals surface area (Å²) in [5.74, 6) is -0.761. The van der Waals surface area contributed by atoms with Gasteiger partial charge in [0, 0.05) is 37.7 Å². The fourth-order valence-electron chi connectivity index (χ4n) is 4.90. The van der Waals surface area contributed by atoms with Gasteiger partial charge in [0.25, 0.3) is 5.91 Å². The van der Waals surface area contributed by atoms with Crippen molar-refractivity contribution in [2.45, 2.75) is 51.6 Å². The molecule has 3 aromatic rings. The Kier molecular flexibility index (Phi) is 9.14. The van der Waals surface area contributed by atoms with E-state index in [4.69, 9.17) is 14.2 Å². The first-order chi connectivity index (χ1) is 19.5. The van der Waals surface area contributed by atoms with Crippen LogP contribution in [0.25, 0.3) is 5.69 Å². The Bertz CT molecular complexity index is 1390. The molecule has 0 radical (unpaired) electrons. The van der Waals surface area contributed by atoms with Gasteiger partial charge in [-0.15, -0.1) is 0 Å². The van der Waals surface area contributed by atoms with Crippen LogP contribution >= 0.6 is 0 Å². The second-order valence-electron chi connectivity index (χ2n) is 10.9. The first-order valence-corrected chi connectivity index (χ1v) is 13.5. The number of piperidine rings is 1. The molecule has 1 aromatic heterocycles. The monoisotopic (exact) mass is 570 g/mol. The zero-order chi connectivity index (χ0) is 29.7. The maximum Gasteiger partial charge on any atom is 0.410 e. The van der Waals surface area contributed by atoms with Gasteiger partial charge in [-0.05, 0) is 63.8 Å². The lowest BCUT2D eigenvalue weighted by molar-refractivity contribution is 0.0203. The Balaban J connectivity index is 1.55. The van der Waals surface area contributed by atoms with Crippen LogP contribution in [0.1, 0.15) is 61.1 Å². The van der Waals surface area contributed by atoms with Crippen LogP contribution in [0.15, 0.2) is 42.6 Å². The smallest absolute Gasteiger partial charge is 0.410 e. The molecule has 11 heteroatoms. The van der Waals surface area contributed by atoms with Gasteiger partial charge < -0.3 is 24.4 Å². The number of rotatable bonds is 8. The highest BCUT2D eigenvalue weighted by molar-refractivity contribution is 5.95. The molecule has 0 atom stereocenters. The van der Waals surface area contributed by atoms with E-state index in [1.165, 1.54) is 16.9 Å². The lowest BCUT2D eigenvalue weighted by Gasteiger charge is -2.34. The third-order valence-electron chi connectivity index (χ3n) is 6.90. The minimum atomic E-state index is -0.793. The first kappa shape index (κ1) is 29.8. The van der Waals surface area contributed by atoms with E-state index in [-0.39, 0.29) is 17.5 Å². The molecule has 1 aliphatic heterocycles. The number of nitrogens with one attached hydrogen (secondary N) is 1. The van der Waals surface area contributed by atoms with Gasteiger partial charge in [-0.2, -0.15) is 5.10 Å². The van der Waals surface area contributed by atoms with Crippen LogP contribution in [0.3, 0.4) is 0 Å². The third kappa shape index (κ3) is 7.14. The van der Waals surface area contributed by atoms with Gasteiger partial charge in [-0.3, -0.25) is 4.79 Å². The van der Waals surface area contributed by atoms with Crippen molar-refractivity contribution < 1.29 is 32.6 Å². The molecule has 1 N–H and O–H groups in total. The molecule has 1 aliphatic rings. The summed E-state index contributed by atoms with van der Waals surface area (Å²) in [5, 5.41) is 7.27. The summed E-state index contributed by atoms with van der Waals surface area (Å²) < 4.78 is 46.1. The van der Waals surface area contributed by atoms with E-state index in [1.54, 1.807) is 25.2 Å². The van der Waals surface area contributed by atoms with Crippen molar-refractivity contribution >= 4 is 12.0 Å². The maximum absolute atomic E-state index is 14.8. The molecule has 41 heavy (non-hydrogen) atoms. The van der Waals surface area contributed by atoms with Crippen molar-refractivity contribution in [1.82, 2.24) is 20.0 Å². The van der Waals surface area contributed by atoms with E-state index in [2.05, 4.69) is 10.4 Å². The molecule has 2 amide bonds. The van der Waals surface area contributed by atoms with Crippen LogP contribution in [0.4, 0.5) is 13.6 Å². The molecule has 0 bridgehead atoms. The van der Waals surface area contributed by atoms with Crippen molar-refractivity contribution in [3.05, 3.63) is 71.1 Å². The van der Waals surface area contributed by atoms with Crippen LogP contribution in [0.5, 0.6) is 11.5 Å². The van der Waals surface area contributed by atoms with Gasteiger partial charge in [0.1, 0.15) is 28.6 Å². The molecule has 1 fully saturated rings. The molecule has 2 heterocycles. The van der Waals surface area contributed by atoms with Crippen molar-refractivity contribution in [3.63, 3.8) is 0 Å². The highest BCUT2D eigenvalue weighted by Crippen LogP contribution is 2.33. The Morgan fingerprint density at radius 3 is 2.41 bits per heavy atom. The number of likely N-dealkylation sites (tertiary alicyclic amines) is 1. The summed E-state index contributed by atoms with van der Waals surface area (Å²) in [6.45, 7) is 6.54. The predicted octanol–water partition coefficient (Wildman–Crippen LogP) is 5.25. The molecule has 4 rings (SSSR count). The number of carbonyl (C=O) groups excluding carboxylic acids is 2. The minimum absolute atomic E-state index is 0.0398. The molecule has 0 saturated carbocycles. The summed E-state index contributed by atoms with van der Waals surface area (Å²) in [7, 11) is 3.14. The Hall–Kier alpha value is -4.15. The Labute approximate surface area is 238 Å². The van der Waals surface area contributed by atoms with Gasteiger partial charge >= 0.3 is 6.09 Å². The largest absolute Gasteiger partial charge is 0.497 e. The van der Waals surface area contributed by atoms with Crippen LogP contribution < -0.4 is 14.8 Å². The van der Waals surface area contributed by atoms with Gasteiger partial charge in [0.2, 0.25) is 0 Å². The topological polar surface area (TPSA) is 94.9 Å². The number of halogens is 2. The number of amides is 2. The second-order valence-corrected chi connectivity index (χ2v) is 10.9. The second kappa shape index (κ2) is 12.6. The molecule has 0 aliphatic carbocycles. The number of methoxy groups -OCH3 is 2. The van der Waals surface area contributed by atoms with Crippen molar-refractivity contribution in [2.75, 3.05) is 33.9 Å². The van der Waals surface area contributed by atoms with Gasteiger partial charge in [0.05, 0.1) is 31.7 Å². The van der Waals surface area contributed by atoms with Crippen LogP contribution in [-0.2, 0) is 11.2 Å². The number of ether oxygens (including phenoxy) is 3. The number of hydrogen-bond acceptors (Lipinski definition) is 6. The molecular formula is C30H36F2N4O5. The third-order valence-corrected chi connectivity index (χ3v) is 6.90. The maximum atomic E-state index is 14.8. The minimum Gasteiger partial charge on any atom is -0.497 e. The molecule has 1 saturated heterocycles. The zero-order valence-electron chi connectivity index (χ0n) is 24.0. The Morgan fingerprint density at radius 1 is 1.05 bits per heavy atom. The molecule has 0 unspecified atom stereocenters. The SMILES string of the molecule is COc1ccc(CCNC(=O)c2cnn(-c3ccc(F)cc3F)c2C2CCN(C(=O)OC(C)(C)C)CC2)c(OC)c1. The molecular weight excluding hydrogens is 534 g/mol. The number of benzene rings is 2. The fraction of sp³-hybridized carbons (Fsp3) is 0.433. The molecule has 9 nitrogen and oxygen atoms in total. The van der Waals surface area contributed by atoms with Gasteiger partial charge in [-0.25, -0.2) is 18.3 Å². The van der Waals surface area contributed by atoms with Crippen LogP contribution in [0.2, 0.25) is 0 Å². The molecule has 0 spiro atoms. The van der Waals surface area contributed by atoms with Gasteiger partial charge in [-0.1, -0.05) is 6.07 Å².